The minimum absolute atomic E-state index is 0.163. The third kappa shape index (κ3) is 3.27. The standard InChI is InChI=1S/C12H12ClN3OS/c1-2-9-5-8(6-10(13)16-9)12(17)15-7-11-14-3-4-18-11/h3-6H,2,7H2,1H3,(H,15,17). The molecule has 94 valence electrons. The highest BCUT2D eigenvalue weighted by Crippen LogP contribution is 2.12. The normalized spacial score (nSPS) is 10.3. The first-order chi connectivity index (χ1) is 8.69. The van der Waals surface area contributed by atoms with Crippen LogP contribution in [-0.2, 0) is 13.0 Å². The van der Waals surface area contributed by atoms with E-state index in [1.54, 1.807) is 18.3 Å². The van der Waals surface area contributed by atoms with Gasteiger partial charge in [0, 0.05) is 22.8 Å². The highest BCUT2D eigenvalue weighted by atomic mass is 35.5. The zero-order valence-corrected chi connectivity index (χ0v) is 11.4. The molecule has 0 aliphatic heterocycles. The molecule has 2 heterocycles. The summed E-state index contributed by atoms with van der Waals surface area (Å²) in [6, 6.07) is 3.32. The number of nitrogens with one attached hydrogen (secondary N) is 1. The molecule has 0 aliphatic carbocycles. The number of pyridine rings is 1. The summed E-state index contributed by atoms with van der Waals surface area (Å²) in [6.07, 6.45) is 2.46. The molecule has 2 aromatic heterocycles. The van der Waals surface area contributed by atoms with Gasteiger partial charge in [-0.2, -0.15) is 0 Å². The van der Waals surface area contributed by atoms with Gasteiger partial charge in [-0.15, -0.1) is 11.3 Å². The molecule has 6 heteroatoms. The van der Waals surface area contributed by atoms with E-state index in [0.717, 1.165) is 17.1 Å². The maximum Gasteiger partial charge on any atom is 0.251 e. The van der Waals surface area contributed by atoms with Gasteiger partial charge in [0.2, 0.25) is 0 Å². The van der Waals surface area contributed by atoms with Crippen LogP contribution < -0.4 is 5.32 Å². The van der Waals surface area contributed by atoms with Crippen LogP contribution >= 0.6 is 22.9 Å². The van der Waals surface area contributed by atoms with Crippen molar-refractivity contribution >= 4 is 28.8 Å². The third-order valence-electron chi connectivity index (χ3n) is 2.36. The summed E-state index contributed by atoms with van der Waals surface area (Å²) in [5.74, 6) is -0.163. The van der Waals surface area contributed by atoms with Crippen molar-refractivity contribution < 1.29 is 4.79 Å². The molecular formula is C12H12ClN3OS. The Bertz CT molecular complexity index is 542. The van der Waals surface area contributed by atoms with Gasteiger partial charge in [0.05, 0.1) is 6.54 Å². The van der Waals surface area contributed by atoms with E-state index in [2.05, 4.69) is 15.3 Å². The zero-order chi connectivity index (χ0) is 13.0. The number of halogens is 1. The zero-order valence-electron chi connectivity index (χ0n) is 9.81. The monoisotopic (exact) mass is 281 g/mol. The van der Waals surface area contributed by atoms with Crippen LogP contribution in [0.2, 0.25) is 5.15 Å². The Morgan fingerprint density at radius 1 is 1.50 bits per heavy atom. The number of thiazole rings is 1. The molecule has 4 nitrogen and oxygen atoms in total. The Kier molecular flexibility index (Phi) is 4.28. The third-order valence-corrected chi connectivity index (χ3v) is 3.33. The van der Waals surface area contributed by atoms with Crippen molar-refractivity contribution in [3.05, 3.63) is 45.1 Å². The van der Waals surface area contributed by atoms with Crippen molar-refractivity contribution in [3.63, 3.8) is 0 Å². The lowest BCUT2D eigenvalue weighted by molar-refractivity contribution is 0.0950. The van der Waals surface area contributed by atoms with Crippen molar-refractivity contribution in [1.29, 1.82) is 0 Å². The van der Waals surface area contributed by atoms with E-state index in [9.17, 15) is 4.79 Å². The average molecular weight is 282 g/mol. The van der Waals surface area contributed by atoms with Crippen LogP contribution in [0.3, 0.4) is 0 Å². The number of hydrogen-bond acceptors (Lipinski definition) is 4. The highest BCUT2D eigenvalue weighted by molar-refractivity contribution is 7.09. The van der Waals surface area contributed by atoms with Gasteiger partial charge in [-0.3, -0.25) is 4.79 Å². The summed E-state index contributed by atoms with van der Waals surface area (Å²) in [7, 11) is 0. The van der Waals surface area contributed by atoms with Gasteiger partial charge >= 0.3 is 0 Å². The summed E-state index contributed by atoms with van der Waals surface area (Å²) in [5.41, 5.74) is 1.34. The van der Waals surface area contributed by atoms with E-state index in [0.29, 0.717) is 17.3 Å². The minimum Gasteiger partial charge on any atom is -0.346 e. The van der Waals surface area contributed by atoms with E-state index >= 15 is 0 Å². The lowest BCUT2D eigenvalue weighted by atomic mass is 10.2. The molecule has 0 aromatic carbocycles. The Balaban J connectivity index is 2.06. The Hall–Kier alpha value is -1.46. The first-order valence-corrected chi connectivity index (χ1v) is 6.78. The lowest BCUT2D eigenvalue weighted by Gasteiger charge is -2.05. The fourth-order valence-corrected chi connectivity index (χ4v) is 2.24. The van der Waals surface area contributed by atoms with Crippen LogP contribution in [0.5, 0.6) is 0 Å². The van der Waals surface area contributed by atoms with Gasteiger partial charge in [0.15, 0.2) is 0 Å². The summed E-state index contributed by atoms with van der Waals surface area (Å²) in [4.78, 5) is 20.2. The summed E-state index contributed by atoms with van der Waals surface area (Å²) >= 11 is 7.38. The van der Waals surface area contributed by atoms with Crippen molar-refractivity contribution in [2.24, 2.45) is 0 Å². The SMILES string of the molecule is CCc1cc(C(=O)NCc2nccs2)cc(Cl)n1. The van der Waals surface area contributed by atoms with Gasteiger partial charge in [-0.05, 0) is 18.6 Å². The molecule has 0 saturated carbocycles. The summed E-state index contributed by atoms with van der Waals surface area (Å²) < 4.78 is 0. The molecule has 2 rings (SSSR count). The molecule has 0 atom stereocenters. The summed E-state index contributed by atoms with van der Waals surface area (Å²) in [6.45, 7) is 2.40. The fourth-order valence-electron chi connectivity index (χ4n) is 1.46. The topological polar surface area (TPSA) is 54.9 Å². The molecule has 0 saturated heterocycles. The van der Waals surface area contributed by atoms with Crippen LogP contribution in [0.4, 0.5) is 0 Å². The molecule has 0 unspecified atom stereocenters. The Morgan fingerprint density at radius 3 is 3.00 bits per heavy atom. The first kappa shape index (κ1) is 13.0. The fraction of sp³-hybridized carbons (Fsp3) is 0.250. The molecule has 0 spiro atoms. The molecule has 0 fully saturated rings. The smallest absolute Gasteiger partial charge is 0.251 e. The summed E-state index contributed by atoms with van der Waals surface area (Å²) in [5, 5.41) is 5.89. The van der Waals surface area contributed by atoms with E-state index in [4.69, 9.17) is 11.6 Å². The van der Waals surface area contributed by atoms with Crippen molar-refractivity contribution in [2.45, 2.75) is 19.9 Å². The molecule has 0 aliphatic rings. The average Bonchev–Trinajstić information content (AvgIpc) is 2.88. The quantitative estimate of drug-likeness (QED) is 0.877. The van der Waals surface area contributed by atoms with Crippen LogP contribution in [0.15, 0.2) is 23.7 Å². The number of aromatic nitrogens is 2. The predicted molar refractivity (Wildman–Crippen MR) is 71.9 cm³/mol. The number of carbonyl (C=O) groups is 1. The van der Waals surface area contributed by atoms with Crippen molar-refractivity contribution in [1.82, 2.24) is 15.3 Å². The number of rotatable bonds is 4. The Morgan fingerprint density at radius 2 is 2.33 bits per heavy atom. The molecule has 0 bridgehead atoms. The number of carbonyl (C=O) groups excluding carboxylic acids is 1. The second kappa shape index (κ2) is 5.93. The second-order valence-electron chi connectivity index (χ2n) is 3.63. The van der Waals surface area contributed by atoms with Gasteiger partial charge in [0.25, 0.3) is 5.91 Å². The van der Waals surface area contributed by atoms with Crippen LogP contribution in [-0.4, -0.2) is 15.9 Å². The van der Waals surface area contributed by atoms with Gasteiger partial charge in [0.1, 0.15) is 10.2 Å². The van der Waals surface area contributed by atoms with Crippen LogP contribution in [0.25, 0.3) is 0 Å². The van der Waals surface area contributed by atoms with Crippen molar-refractivity contribution in [2.75, 3.05) is 0 Å². The molecule has 2 aromatic rings. The minimum atomic E-state index is -0.163. The van der Waals surface area contributed by atoms with Crippen molar-refractivity contribution in [3.8, 4) is 0 Å². The first-order valence-electron chi connectivity index (χ1n) is 5.52. The number of nitrogens with zero attached hydrogens (tertiary/aromatic N) is 2. The van der Waals surface area contributed by atoms with Gasteiger partial charge in [-0.1, -0.05) is 18.5 Å². The Labute approximate surface area is 114 Å². The van der Waals surface area contributed by atoms with E-state index in [1.807, 2.05) is 12.3 Å². The molecular weight excluding hydrogens is 270 g/mol. The molecule has 0 radical (unpaired) electrons. The molecule has 1 amide bonds. The maximum atomic E-state index is 11.9. The van der Waals surface area contributed by atoms with E-state index in [1.165, 1.54) is 11.3 Å². The number of aryl methyl sites for hydroxylation is 1. The number of hydrogen-bond donors (Lipinski definition) is 1. The van der Waals surface area contributed by atoms with E-state index < -0.39 is 0 Å². The van der Waals surface area contributed by atoms with Crippen LogP contribution in [0.1, 0.15) is 28.0 Å². The maximum absolute atomic E-state index is 11.9. The molecule has 18 heavy (non-hydrogen) atoms. The second-order valence-corrected chi connectivity index (χ2v) is 5.00. The van der Waals surface area contributed by atoms with Crippen LogP contribution in [0, 0.1) is 0 Å². The van der Waals surface area contributed by atoms with Gasteiger partial charge < -0.3 is 5.32 Å². The largest absolute Gasteiger partial charge is 0.346 e. The van der Waals surface area contributed by atoms with Gasteiger partial charge in [-0.25, -0.2) is 9.97 Å². The van der Waals surface area contributed by atoms with E-state index in [-0.39, 0.29) is 5.91 Å². The highest BCUT2D eigenvalue weighted by Gasteiger charge is 2.09. The lowest BCUT2D eigenvalue weighted by Crippen LogP contribution is -2.23. The predicted octanol–water partition coefficient (Wildman–Crippen LogP) is 2.68. The number of amides is 1. The molecule has 1 N–H and O–H groups in total.